The van der Waals surface area contributed by atoms with Crippen molar-refractivity contribution in [2.24, 2.45) is 5.92 Å². The van der Waals surface area contributed by atoms with Gasteiger partial charge in [-0.1, -0.05) is 48.0 Å². The molecule has 2 aliphatic heterocycles. The maximum Gasteiger partial charge on any atom is 0.308 e. The average Bonchev–Trinajstić information content (AvgIpc) is 3.59. The Bertz CT molecular complexity index is 2170. The van der Waals surface area contributed by atoms with E-state index in [4.69, 9.17) is 26.1 Å². The summed E-state index contributed by atoms with van der Waals surface area (Å²) >= 11 is 7.14. The van der Waals surface area contributed by atoms with Crippen LogP contribution in [-0.2, 0) is 22.6 Å². The Morgan fingerprint density at radius 2 is 1.70 bits per heavy atom. The predicted molar refractivity (Wildman–Crippen MR) is 203 cm³/mol. The highest BCUT2D eigenvalue weighted by Gasteiger charge is 2.27. The number of ether oxygens (including phenoxy) is 2. The SMILES string of the molecule is COC(=O)C1CCN(Cc2ccc(-c3cccc(-c4cccc(Nc5nc(C(F)F)nc6cc(CN7CC[C@@H](O)C7)cnc56)c4C)c3Cl)nc2OC)CC1. The Labute approximate surface area is 317 Å². The summed E-state index contributed by atoms with van der Waals surface area (Å²) in [7, 11) is 3.03. The highest BCUT2D eigenvalue weighted by atomic mass is 35.5. The van der Waals surface area contributed by atoms with Crippen LogP contribution in [0.5, 0.6) is 5.88 Å². The lowest BCUT2D eigenvalue weighted by molar-refractivity contribution is -0.147. The van der Waals surface area contributed by atoms with E-state index in [9.17, 15) is 18.7 Å². The number of aromatic nitrogens is 4. The molecule has 7 rings (SSSR count). The molecule has 11 nitrogen and oxygen atoms in total. The Morgan fingerprint density at radius 1 is 0.963 bits per heavy atom. The first-order valence-electron chi connectivity index (χ1n) is 18.0. The Morgan fingerprint density at radius 3 is 2.43 bits per heavy atom. The molecule has 0 spiro atoms. The molecule has 2 fully saturated rings. The number of piperidine rings is 1. The molecule has 2 aliphatic rings. The fourth-order valence-electron chi connectivity index (χ4n) is 7.34. The fraction of sp³-hybridized carbons (Fsp3) is 0.375. The van der Waals surface area contributed by atoms with Crippen molar-refractivity contribution in [1.82, 2.24) is 29.7 Å². The number of carbonyl (C=O) groups is 1. The summed E-state index contributed by atoms with van der Waals surface area (Å²) < 4.78 is 38.7. The first-order chi connectivity index (χ1) is 26.1. The van der Waals surface area contributed by atoms with Crippen molar-refractivity contribution in [3.05, 3.63) is 88.3 Å². The first kappa shape index (κ1) is 37.5. The number of halogens is 3. The quantitative estimate of drug-likeness (QED) is 0.131. The molecule has 2 saturated heterocycles. The molecule has 14 heteroatoms. The van der Waals surface area contributed by atoms with Crippen LogP contribution >= 0.6 is 11.6 Å². The zero-order valence-electron chi connectivity index (χ0n) is 30.4. The number of likely N-dealkylation sites (tertiary alicyclic amines) is 2. The molecule has 5 aromatic rings. The maximum atomic E-state index is 14.0. The molecule has 5 heterocycles. The Balaban J connectivity index is 1.14. The van der Waals surface area contributed by atoms with Gasteiger partial charge in [0.15, 0.2) is 11.6 Å². The lowest BCUT2D eigenvalue weighted by Crippen LogP contribution is -2.36. The molecule has 54 heavy (non-hydrogen) atoms. The van der Waals surface area contributed by atoms with Gasteiger partial charge in [-0.2, -0.15) is 0 Å². The summed E-state index contributed by atoms with van der Waals surface area (Å²) in [4.78, 5) is 34.1. The number of rotatable bonds is 11. The summed E-state index contributed by atoms with van der Waals surface area (Å²) in [6, 6.07) is 17.1. The van der Waals surface area contributed by atoms with Crippen LogP contribution in [0.25, 0.3) is 33.4 Å². The van der Waals surface area contributed by atoms with Gasteiger partial charge in [0, 0.05) is 54.8 Å². The lowest BCUT2D eigenvalue weighted by Gasteiger charge is -2.30. The van der Waals surface area contributed by atoms with Crippen LogP contribution < -0.4 is 10.1 Å². The van der Waals surface area contributed by atoms with E-state index in [2.05, 4.69) is 30.1 Å². The molecule has 0 unspecified atom stereocenters. The van der Waals surface area contributed by atoms with Crippen LogP contribution in [0.3, 0.4) is 0 Å². The fourth-order valence-corrected chi connectivity index (χ4v) is 7.67. The molecule has 282 valence electrons. The zero-order chi connectivity index (χ0) is 37.9. The normalized spacial score (nSPS) is 17.0. The number of benzene rings is 2. The summed E-state index contributed by atoms with van der Waals surface area (Å²) in [5.41, 5.74) is 6.86. The number of β-amino-alcohol motifs (C(OH)–C–C–N with tert-alkyl or cyclic N) is 1. The minimum atomic E-state index is -2.88. The topological polar surface area (TPSA) is 126 Å². The van der Waals surface area contributed by atoms with E-state index in [1.165, 1.54) is 7.11 Å². The third-order valence-electron chi connectivity index (χ3n) is 10.3. The first-order valence-corrected chi connectivity index (χ1v) is 18.3. The number of nitrogens with zero attached hydrogens (tertiary/aromatic N) is 6. The molecule has 1 atom stereocenters. The number of fused-ring (bicyclic) bond motifs is 1. The van der Waals surface area contributed by atoms with Crippen LogP contribution in [0.4, 0.5) is 20.3 Å². The van der Waals surface area contributed by atoms with Gasteiger partial charge in [0.2, 0.25) is 5.88 Å². The number of hydrogen-bond acceptors (Lipinski definition) is 11. The van der Waals surface area contributed by atoms with Crippen LogP contribution in [0.1, 0.15) is 48.2 Å². The lowest BCUT2D eigenvalue weighted by atomic mass is 9.96. The Hall–Kier alpha value is -4.82. The average molecular weight is 758 g/mol. The largest absolute Gasteiger partial charge is 0.481 e. The van der Waals surface area contributed by atoms with Crippen molar-refractivity contribution in [3.8, 4) is 28.3 Å². The number of carbonyl (C=O) groups excluding carboxylic acids is 1. The second-order valence-electron chi connectivity index (χ2n) is 13.8. The molecule has 0 radical (unpaired) electrons. The second kappa shape index (κ2) is 16.3. The van der Waals surface area contributed by atoms with E-state index in [1.807, 2.05) is 55.5 Å². The van der Waals surface area contributed by atoms with E-state index in [-0.39, 0.29) is 23.8 Å². The molecule has 0 saturated carbocycles. The third-order valence-corrected chi connectivity index (χ3v) is 10.7. The van der Waals surface area contributed by atoms with Crippen molar-refractivity contribution in [1.29, 1.82) is 0 Å². The van der Waals surface area contributed by atoms with Gasteiger partial charge in [0.1, 0.15) is 5.52 Å². The van der Waals surface area contributed by atoms with Crippen LogP contribution in [0, 0.1) is 12.8 Å². The molecular weight excluding hydrogens is 716 g/mol. The number of anilines is 2. The number of nitrogens with one attached hydrogen (secondary N) is 1. The third kappa shape index (κ3) is 8.00. The standard InChI is InChI=1S/C40H42ClF2N7O4/c1-23-28(6-5-9-31(23)45-37-35-33(46-38(48-37)36(42)43)18-24(19-44-35)20-50-17-14-27(51)22-50)29-7-4-8-30(34(29)41)32-11-10-26(39(47-32)53-2)21-49-15-12-25(13-16-49)40(52)54-3/h4-11,18-19,25,27,36,51H,12-17,20-22H2,1-3H3,(H,45,46,48)/t27-/m1/s1. The molecule has 0 aliphatic carbocycles. The number of aliphatic hydroxyl groups is 1. The van der Waals surface area contributed by atoms with Gasteiger partial charge in [-0.3, -0.25) is 19.6 Å². The van der Waals surface area contributed by atoms with Gasteiger partial charge in [0.05, 0.1) is 42.5 Å². The number of esters is 1. The monoisotopic (exact) mass is 757 g/mol. The van der Waals surface area contributed by atoms with E-state index in [0.717, 1.165) is 65.9 Å². The van der Waals surface area contributed by atoms with Crippen molar-refractivity contribution in [2.75, 3.05) is 45.7 Å². The molecule has 3 aromatic heterocycles. The van der Waals surface area contributed by atoms with Crippen molar-refractivity contribution < 1.29 is 28.2 Å². The van der Waals surface area contributed by atoms with Gasteiger partial charge in [-0.15, -0.1) is 0 Å². The summed E-state index contributed by atoms with van der Waals surface area (Å²) in [6.45, 7) is 5.94. The van der Waals surface area contributed by atoms with Crippen LogP contribution in [-0.4, -0.2) is 87.3 Å². The van der Waals surface area contributed by atoms with Crippen molar-refractivity contribution in [2.45, 2.75) is 51.8 Å². The zero-order valence-corrected chi connectivity index (χ0v) is 31.1. The van der Waals surface area contributed by atoms with Crippen molar-refractivity contribution in [3.63, 3.8) is 0 Å². The number of methoxy groups -OCH3 is 2. The molecular formula is C40H42ClF2N7O4. The molecule has 2 N–H and O–H groups in total. The van der Waals surface area contributed by atoms with Gasteiger partial charge in [-0.05, 0) is 74.2 Å². The van der Waals surface area contributed by atoms with Crippen molar-refractivity contribution >= 4 is 40.1 Å². The maximum absolute atomic E-state index is 14.0. The Kier molecular flexibility index (Phi) is 11.3. The van der Waals surface area contributed by atoms with E-state index in [1.54, 1.807) is 19.4 Å². The number of aliphatic hydroxyl groups excluding tert-OH is 1. The second-order valence-corrected chi connectivity index (χ2v) is 14.2. The molecule has 0 amide bonds. The van der Waals surface area contributed by atoms with Gasteiger partial charge < -0.3 is 19.9 Å². The minimum absolute atomic E-state index is 0.0681. The number of pyridine rings is 2. The summed E-state index contributed by atoms with van der Waals surface area (Å²) in [5.74, 6) is -0.144. The number of hydrogen-bond donors (Lipinski definition) is 2. The predicted octanol–water partition coefficient (Wildman–Crippen LogP) is 7.36. The van der Waals surface area contributed by atoms with Crippen LogP contribution in [0.15, 0.2) is 60.8 Å². The van der Waals surface area contributed by atoms with Gasteiger partial charge >= 0.3 is 5.97 Å². The van der Waals surface area contributed by atoms with E-state index in [0.29, 0.717) is 59.4 Å². The smallest absolute Gasteiger partial charge is 0.308 e. The van der Waals surface area contributed by atoms with E-state index >= 15 is 0 Å². The summed E-state index contributed by atoms with van der Waals surface area (Å²) in [6.07, 6.45) is 0.633. The minimum Gasteiger partial charge on any atom is -0.481 e. The highest BCUT2D eigenvalue weighted by Crippen LogP contribution is 2.40. The van der Waals surface area contributed by atoms with Crippen LogP contribution in [0.2, 0.25) is 5.02 Å². The van der Waals surface area contributed by atoms with Gasteiger partial charge in [0.25, 0.3) is 6.43 Å². The van der Waals surface area contributed by atoms with Gasteiger partial charge in [-0.25, -0.2) is 23.7 Å². The highest BCUT2D eigenvalue weighted by molar-refractivity contribution is 6.36. The number of alkyl halides is 2. The summed E-state index contributed by atoms with van der Waals surface area (Å²) in [5, 5.41) is 13.7. The van der Waals surface area contributed by atoms with E-state index < -0.39 is 12.2 Å². The molecule has 2 aromatic carbocycles. The molecule has 0 bridgehead atoms.